The molecule has 5 rings (SSSR count). The van der Waals surface area contributed by atoms with Crippen molar-refractivity contribution in [3.8, 4) is 16.8 Å². The first-order chi connectivity index (χ1) is 20.8. The molecular formula is C28H26ClN9O5. The van der Waals surface area contributed by atoms with Gasteiger partial charge in [-0.15, -0.1) is 5.10 Å². The summed E-state index contributed by atoms with van der Waals surface area (Å²) in [5, 5.41) is 26.6. The molecule has 0 radical (unpaired) electrons. The molecule has 4 aromatic rings. The van der Waals surface area contributed by atoms with Crippen LogP contribution in [0, 0.1) is 5.92 Å². The Kier molecular flexibility index (Phi) is 8.86. The van der Waals surface area contributed by atoms with Crippen molar-refractivity contribution in [1.29, 1.82) is 0 Å². The molecule has 1 fully saturated rings. The first kappa shape index (κ1) is 29.1. The largest absolute Gasteiger partial charge is 0.453 e. The number of benzene rings is 2. The number of hydrogen-bond donors (Lipinski definition) is 4. The molecule has 4 N–H and O–H groups in total. The highest BCUT2D eigenvalue weighted by atomic mass is 35.5. The molecule has 1 saturated heterocycles. The predicted octanol–water partition coefficient (Wildman–Crippen LogP) is 2.64. The van der Waals surface area contributed by atoms with Crippen molar-refractivity contribution in [3.63, 3.8) is 0 Å². The van der Waals surface area contributed by atoms with Gasteiger partial charge in [0.25, 0.3) is 5.56 Å². The quantitative estimate of drug-likeness (QED) is 0.209. The van der Waals surface area contributed by atoms with E-state index in [1.807, 2.05) is 0 Å². The predicted molar refractivity (Wildman–Crippen MR) is 156 cm³/mol. The van der Waals surface area contributed by atoms with Gasteiger partial charge in [0, 0.05) is 34.8 Å². The van der Waals surface area contributed by atoms with Crippen LogP contribution in [0.5, 0.6) is 0 Å². The van der Waals surface area contributed by atoms with Gasteiger partial charge in [-0.1, -0.05) is 23.7 Å². The van der Waals surface area contributed by atoms with E-state index < -0.39 is 23.6 Å². The highest BCUT2D eigenvalue weighted by Gasteiger charge is 2.29. The SMILES string of the molecule is COC(=O)Nc1ccc(-c2cc(C(CC3CCNC3=O)NC(=O)/C=C/c3cc(Cl)ccc3-n3cnnn3)n[nH]c2=O)cc1. The number of rotatable bonds is 9. The molecule has 3 heterocycles. The molecule has 43 heavy (non-hydrogen) atoms. The van der Waals surface area contributed by atoms with Crippen molar-refractivity contribution in [2.75, 3.05) is 19.0 Å². The zero-order chi connectivity index (χ0) is 30.3. The number of halogens is 1. The maximum absolute atomic E-state index is 13.2. The van der Waals surface area contributed by atoms with E-state index in [4.69, 9.17) is 11.6 Å². The number of hydrogen-bond acceptors (Lipinski definition) is 9. The van der Waals surface area contributed by atoms with E-state index in [1.165, 1.54) is 24.2 Å². The van der Waals surface area contributed by atoms with Crippen LogP contribution in [0.1, 0.15) is 30.1 Å². The lowest BCUT2D eigenvalue weighted by Gasteiger charge is -2.20. The van der Waals surface area contributed by atoms with Crippen LogP contribution in [0.25, 0.3) is 22.9 Å². The summed E-state index contributed by atoms with van der Waals surface area (Å²) >= 11 is 6.19. The molecule has 0 saturated carbocycles. The maximum atomic E-state index is 13.2. The number of ether oxygens (including phenoxy) is 1. The zero-order valence-electron chi connectivity index (χ0n) is 22.8. The van der Waals surface area contributed by atoms with Crippen LogP contribution in [-0.2, 0) is 14.3 Å². The number of methoxy groups -OCH3 is 1. The van der Waals surface area contributed by atoms with Gasteiger partial charge in [0.1, 0.15) is 6.33 Å². The topological polar surface area (TPSA) is 186 Å². The molecule has 15 heteroatoms. The normalized spacial score (nSPS) is 15.2. The fourth-order valence-corrected chi connectivity index (χ4v) is 4.83. The van der Waals surface area contributed by atoms with Gasteiger partial charge >= 0.3 is 6.09 Å². The van der Waals surface area contributed by atoms with Crippen LogP contribution in [0.3, 0.4) is 0 Å². The highest BCUT2D eigenvalue weighted by Crippen LogP contribution is 2.27. The maximum Gasteiger partial charge on any atom is 0.411 e. The average Bonchev–Trinajstić information content (AvgIpc) is 3.69. The Morgan fingerprint density at radius 2 is 2.00 bits per heavy atom. The van der Waals surface area contributed by atoms with Crippen molar-refractivity contribution in [2.24, 2.45) is 5.92 Å². The lowest BCUT2D eigenvalue weighted by Crippen LogP contribution is -2.32. The number of carbonyl (C=O) groups is 3. The number of aromatic amines is 1. The first-order valence-electron chi connectivity index (χ1n) is 13.1. The van der Waals surface area contributed by atoms with E-state index in [0.717, 1.165) is 0 Å². The lowest BCUT2D eigenvalue weighted by atomic mass is 9.95. The van der Waals surface area contributed by atoms with E-state index in [1.54, 1.807) is 54.6 Å². The Labute approximate surface area is 249 Å². The summed E-state index contributed by atoms with van der Waals surface area (Å²) in [5.74, 6) is -0.925. The standard InChI is InChI=1S/C28H26ClN9O5/c1-43-28(42)32-20-6-2-16(3-7-20)21-14-23(34-35-27(21)41)22(13-18-10-11-30-26(18)40)33-25(39)9-4-17-12-19(29)5-8-24(17)38-15-31-36-37-38/h2-9,12,14-15,18,22H,10-11,13H2,1H3,(H,30,40)(H,32,42)(H,33,39)(H,35,41)/b9-4+. The van der Waals surface area contributed by atoms with Crippen molar-refractivity contribution in [3.05, 3.63) is 87.6 Å². The van der Waals surface area contributed by atoms with Gasteiger partial charge in [0.15, 0.2) is 0 Å². The van der Waals surface area contributed by atoms with E-state index in [2.05, 4.69) is 46.4 Å². The van der Waals surface area contributed by atoms with Crippen molar-refractivity contribution in [2.45, 2.75) is 18.9 Å². The Hall–Kier alpha value is -5.37. The average molecular weight is 604 g/mol. The number of amides is 3. The van der Waals surface area contributed by atoms with E-state index in [0.29, 0.717) is 51.7 Å². The molecule has 0 aliphatic carbocycles. The van der Waals surface area contributed by atoms with E-state index in [9.17, 15) is 19.2 Å². The fraction of sp³-hybridized carbons (Fsp3) is 0.214. The van der Waals surface area contributed by atoms with Gasteiger partial charge < -0.3 is 15.4 Å². The number of nitrogens with one attached hydrogen (secondary N) is 4. The summed E-state index contributed by atoms with van der Waals surface area (Å²) < 4.78 is 6.04. The summed E-state index contributed by atoms with van der Waals surface area (Å²) in [5.41, 5.74) is 2.45. The Morgan fingerprint density at radius 1 is 1.19 bits per heavy atom. The summed E-state index contributed by atoms with van der Waals surface area (Å²) in [7, 11) is 1.26. The van der Waals surface area contributed by atoms with Crippen LogP contribution in [0.4, 0.5) is 10.5 Å². The fourth-order valence-electron chi connectivity index (χ4n) is 4.65. The van der Waals surface area contributed by atoms with Crippen LogP contribution in [-0.4, -0.2) is 62.0 Å². The number of aromatic nitrogens is 6. The van der Waals surface area contributed by atoms with Crippen LogP contribution in [0.2, 0.25) is 5.02 Å². The molecule has 14 nitrogen and oxygen atoms in total. The monoisotopic (exact) mass is 603 g/mol. The van der Waals surface area contributed by atoms with Crippen molar-refractivity contribution < 1.29 is 19.1 Å². The van der Waals surface area contributed by atoms with Crippen molar-refractivity contribution in [1.82, 2.24) is 41.0 Å². The Balaban J connectivity index is 1.41. The third-order valence-electron chi connectivity index (χ3n) is 6.81. The molecular weight excluding hydrogens is 578 g/mol. The molecule has 0 bridgehead atoms. The summed E-state index contributed by atoms with van der Waals surface area (Å²) in [6.45, 7) is 0.537. The van der Waals surface area contributed by atoms with Gasteiger partial charge in [-0.3, -0.25) is 19.7 Å². The van der Waals surface area contributed by atoms with Gasteiger partial charge in [-0.05, 0) is 71.3 Å². The molecule has 3 amide bonds. The molecule has 1 aliphatic heterocycles. The lowest BCUT2D eigenvalue weighted by molar-refractivity contribution is -0.123. The second-order valence-electron chi connectivity index (χ2n) is 9.59. The molecule has 2 aromatic carbocycles. The smallest absolute Gasteiger partial charge is 0.411 e. The van der Waals surface area contributed by atoms with Crippen LogP contribution in [0.15, 0.2) is 65.7 Å². The first-order valence-corrected chi connectivity index (χ1v) is 13.5. The Bertz CT molecular complexity index is 1720. The molecule has 1 aliphatic rings. The third-order valence-corrected chi connectivity index (χ3v) is 7.04. The minimum absolute atomic E-state index is 0.113. The number of carbonyl (C=O) groups excluding carboxylic acids is 3. The van der Waals surface area contributed by atoms with Gasteiger partial charge in [0.2, 0.25) is 11.8 Å². The summed E-state index contributed by atoms with van der Waals surface area (Å²) in [6.07, 6.45) is 4.57. The second kappa shape index (κ2) is 13.1. The molecule has 2 aromatic heterocycles. The van der Waals surface area contributed by atoms with Crippen LogP contribution < -0.4 is 21.5 Å². The molecule has 220 valence electrons. The number of anilines is 1. The van der Waals surface area contributed by atoms with Crippen molar-refractivity contribution >= 4 is 41.3 Å². The van der Waals surface area contributed by atoms with Gasteiger partial charge in [-0.2, -0.15) is 9.78 Å². The minimum atomic E-state index is -0.708. The summed E-state index contributed by atoms with van der Waals surface area (Å²) in [6, 6.07) is 12.5. The zero-order valence-corrected chi connectivity index (χ0v) is 23.5. The molecule has 2 atom stereocenters. The van der Waals surface area contributed by atoms with Gasteiger partial charge in [0.05, 0.1) is 30.1 Å². The van der Waals surface area contributed by atoms with Gasteiger partial charge in [-0.25, -0.2) is 9.89 Å². The molecule has 0 spiro atoms. The summed E-state index contributed by atoms with van der Waals surface area (Å²) in [4.78, 5) is 49.8. The highest BCUT2D eigenvalue weighted by molar-refractivity contribution is 6.30. The van der Waals surface area contributed by atoms with E-state index in [-0.39, 0.29) is 18.2 Å². The number of tetrazole rings is 1. The Morgan fingerprint density at radius 3 is 2.70 bits per heavy atom. The number of nitrogens with zero attached hydrogens (tertiary/aromatic N) is 5. The second-order valence-corrected chi connectivity index (χ2v) is 10.0. The number of H-pyrrole nitrogens is 1. The van der Waals surface area contributed by atoms with E-state index >= 15 is 0 Å². The molecule has 2 unspecified atom stereocenters. The third kappa shape index (κ3) is 7.11. The van der Waals surface area contributed by atoms with Crippen LogP contribution >= 0.6 is 11.6 Å². The minimum Gasteiger partial charge on any atom is -0.453 e.